The van der Waals surface area contributed by atoms with Gasteiger partial charge < -0.3 is 5.32 Å². The van der Waals surface area contributed by atoms with Crippen LogP contribution in [0.5, 0.6) is 0 Å². The molecule has 4 aliphatic rings. The molecule has 3 fully saturated rings. The Morgan fingerprint density at radius 2 is 1.95 bits per heavy atom. The maximum atomic E-state index is 13.5. The van der Waals surface area contributed by atoms with Crippen LogP contribution in [-0.2, 0) is 6.54 Å². The van der Waals surface area contributed by atoms with Gasteiger partial charge in [0.25, 0.3) is 0 Å². The number of pyridine rings is 1. The third kappa shape index (κ3) is 3.32. The van der Waals surface area contributed by atoms with Crippen molar-refractivity contribution in [1.82, 2.24) is 19.9 Å². The molecule has 8 heteroatoms. The lowest BCUT2D eigenvalue weighted by atomic mass is 9.89. The van der Waals surface area contributed by atoms with Crippen LogP contribution in [0.15, 0.2) is 54.1 Å². The van der Waals surface area contributed by atoms with E-state index in [0.717, 1.165) is 57.0 Å². The lowest BCUT2D eigenvalue weighted by Gasteiger charge is -2.41. The van der Waals surface area contributed by atoms with Crippen LogP contribution in [0.25, 0.3) is 16.1 Å². The molecule has 0 amide bonds. The highest BCUT2D eigenvalue weighted by Gasteiger charge is 2.82. The number of anilines is 2. The minimum atomic E-state index is -0.166. The van der Waals surface area contributed by atoms with Crippen LogP contribution >= 0.6 is 22.7 Å². The first-order chi connectivity index (χ1) is 17.9. The minimum absolute atomic E-state index is 0.166. The number of nitrogens with one attached hydrogen (secondary N) is 1. The van der Waals surface area contributed by atoms with Crippen LogP contribution in [0.4, 0.5) is 15.3 Å². The molecule has 2 bridgehead atoms. The molecule has 37 heavy (non-hydrogen) atoms. The number of aryl methyl sites for hydroxylation is 2. The Bertz CT molecular complexity index is 1570. The summed E-state index contributed by atoms with van der Waals surface area (Å²) in [6, 6.07) is 11.3. The molecule has 1 N–H and O–H groups in total. The summed E-state index contributed by atoms with van der Waals surface area (Å²) in [6.45, 7) is 4.99. The summed E-state index contributed by atoms with van der Waals surface area (Å²) in [5.41, 5.74) is 6.30. The number of fused-ring (bicyclic) bond motifs is 1. The van der Waals surface area contributed by atoms with Crippen LogP contribution in [-0.4, -0.2) is 30.9 Å². The number of rotatable bonds is 6. The van der Waals surface area contributed by atoms with Crippen molar-refractivity contribution in [2.45, 2.75) is 50.7 Å². The van der Waals surface area contributed by atoms with Crippen LogP contribution < -0.4 is 5.32 Å². The highest BCUT2D eigenvalue weighted by Crippen LogP contribution is 2.80. The van der Waals surface area contributed by atoms with E-state index < -0.39 is 0 Å². The molecular formula is C29H26FN5S2. The number of hydrogen-bond donors (Lipinski definition) is 1. The fourth-order valence-corrected chi connectivity index (χ4v) is 8.79. The van der Waals surface area contributed by atoms with Crippen LogP contribution in [0.2, 0.25) is 0 Å². The molecule has 2 aliphatic heterocycles. The second-order valence-electron chi connectivity index (χ2n) is 11.0. The van der Waals surface area contributed by atoms with Gasteiger partial charge in [0.1, 0.15) is 11.6 Å². The number of piperidine rings is 2. The largest absolute Gasteiger partial charge is 0.316 e. The number of hydrogen-bond acceptors (Lipinski definition) is 7. The molecule has 4 atom stereocenters. The van der Waals surface area contributed by atoms with Crippen LogP contribution in [0.3, 0.4) is 0 Å². The van der Waals surface area contributed by atoms with Crippen molar-refractivity contribution in [3.63, 3.8) is 0 Å². The summed E-state index contributed by atoms with van der Waals surface area (Å²) < 4.78 is 13.5. The smallest absolute Gasteiger partial charge is 0.188 e. The van der Waals surface area contributed by atoms with E-state index in [4.69, 9.17) is 9.97 Å². The fourth-order valence-electron chi connectivity index (χ4n) is 7.13. The number of aromatic nitrogens is 3. The van der Waals surface area contributed by atoms with Gasteiger partial charge in [-0.1, -0.05) is 24.3 Å². The molecule has 5 heterocycles. The average molecular weight is 528 g/mol. The van der Waals surface area contributed by atoms with Crippen molar-refractivity contribution in [2.24, 2.45) is 11.8 Å². The van der Waals surface area contributed by atoms with Gasteiger partial charge in [0.2, 0.25) is 0 Å². The van der Waals surface area contributed by atoms with Gasteiger partial charge in [0, 0.05) is 29.2 Å². The molecule has 8 rings (SSSR count). The van der Waals surface area contributed by atoms with Gasteiger partial charge >= 0.3 is 0 Å². The van der Waals surface area contributed by atoms with E-state index in [-0.39, 0.29) is 16.9 Å². The summed E-state index contributed by atoms with van der Waals surface area (Å²) in [5.74, 6) is 2.23. The standard InChI is InChI=1S/C29H26FN5S2/c1-16-26(37-17(2)32-16)24-15-36-27(33-24)34-25-8-3-18(13-31-25)14-35-28-9-20(19-4-6-21(30)7-5-19)10-29(35)12-23(29)22(28)11-28/h3-9,13,15,22-23H,10-12,14H2,1-2H3,(H,31,33,34)/t22-,23+,28-,29+/m0/s1. The Labute approximate surface area is 223 Å². The first kappa shape index (κ1) is 22.1. The highest BCUT2D eigenvalue weighted by atomic mass is 32.1. The zero-order valence-corrected chi connectivity index (χ0v) is 22.3. The molecule has 3 aromatic heterocycles. The van der Waals surface area contributed by atoms with Crippen molar-refractivity contribution in [2.75, 3.05) is 5.32 Å². The monoisotopic (exact) mass is 527 g/mol. The van der Waals surface area contributed by atoms with Gasteiger partial charge in [-0.2, -0.15) is 0 Å². The number of nitrogens with zero attached hydrogens (tertiary/aromatic N) is 4. The van der Waals surface area contributed by atoms with Gasteiger partial charge in [0.15, 0.2) is 5.13 Å². The maximum Gasteiger partial charge on any atom is 0.188 e. The third-order valence-electron chi connectivity index (χ3n) is 8.83. The Hall–Kier alpha value is -2.94. The van der Waals surface area contributed by atoms with Crippen molar-refractivity contribution in [3.05, 3.63) is 81.7 Å². The van der Waals surface area contributed by atoms with E-state index in [1.165, 1.54) is 29.5 Å². The van der Waals surface area contributed by atoms with Gasteiger partial charge in [-0.05, 0) is 79.8 Å². The Morgan fingerprint density at radius 1 is 1.08 bits per heavy atom. The van der Waals surface area contributed by atoms with E-state index in [1.807, 2.05) is 32.2 Å². The molecule has 0 radical (unpaired) electrons. The summed E-state index contributed by atoms with van der Waals surface area (Å²) >= 11 is 3.27. The first-order valence-corrected chi connectivity index (χ1v) is 14.5. The van der Waals surface area contributed by atoms with Gasteiger partial charge in [-0.25, -0.2) is 19.3 Å². The first-order valence-electron chi connectivity index (χ1n) is 12.8. The van der Waals surface area contributed by atoms with Crippen molar-refractivity contribution in [3.8, 4) is 10.6 Å². The molecule has 0 unspecified atom stereocenters. The maximum absolute atomic E-state index is 13.5. The molecule has 5 nitrogen and oxygen atoms in total. The quantitative estimate of drug-likeness (QED) is 0.293. The molecule has 1 aromatic carbocycles. The van der Waals surface area contributed by atoms with Gasteiger partial charge in [-0.15, -0.1) is 22.7 Å². The molecule has 4 aromatic rings. The number of benzene rings is 1. The van der Waals surface area contributed by atoms with Gasteiger partial charge in [0.05, 0.1) is 21.3 Å². The number of halogens is 1. The molecule has 2 aliphatic carbocycles. The lowest BCUT2D eigenvalue weighted by Crippen LogP contribution is -2.46. The third-order valence-corrected chi connectivity index (χ3v) is 10.7. The minimum Gasteiger partial charge on any atom is -0.316 e. The van der Waals surface area contributed by atoms with E-state index in [0.29, 0.717) is 0 Å². The Balaban J connectivity index is 0.995. The van der Waals surface area contributed by atoms with Gasteiger partial charge in [-0.3, -0.25) is 4.90 Å². The van der Waals surface area contributed by atoms with Crippen molar-refractivity contribution in [1.29, 1.82) is 0 Å². The SMILES string of the molecule is Cc1nc(C)c(-c2csc(Nc3ccc(CN4[C@@]56CC(c7ccc(F)cc7)=C[C@@]47C[C@H]7[C@H]5C6)cn3)n2)s1. The fraction of sp³-hybridized carbons (Fsp3) is 0.345. The zero-order chi connectivity index (χ0) is 24.9. The molecule has 2 spiro atoms. The summed E-state index contributed by atoms with van der Waals surface area (Å²) in [7, 11) is 0. The van der Waals surface area contributed by atoms with E-state index in [1.54, 1.807) is 34.8 Å². The van der Waals surface area contributed by atoms with E-state index in [9.17, 15) is 4.39 Å². The second kappa shape index (κ2) is 7.56. The van der Waals surface area contributed by atoms with Crippen LogP contribution in [0.1, 0.15) is 41.1 Å². The topological polar surface area (TPSA) is 53.9 Å². The number of thiazole rings is 2. The molecule has 186 valence electrons. The zero-order valence-electron chi connectivity index (χ0n) is 20.7. The molecular weight excluding hydrogens is 501 g/mol. The van der Waals surface area contributed by atoms with Crippen molar-refractivity contribution >= 4 is 39.2 Å². The van der Waals surface area contributed by atoms with E-state index in [2.05, 4.69) is 38.8 Å². The average Bonchev–Trinajstić information content (AvgIpc) is 3.63. The summed E-state index contributed by atoms with van der Waals surface area (Å²) in [5, 5.41) is 7.35. The normalized spacial score (nSPS) is 29.0. The van der Waals surface area contributed by atoms with E-state index >= 15 is 0 Å². The summed E-state index contributed by atoms with van der Waals surface area (Å²) in [4.78, 5) is 17.9. The predicted molar refractivity (Wildman–Crippen MR) is 146 cm³/mol. The predicted octanol–water partition coefficient (Wildman–Crippen LogP) is 6.98. The second-order valence-corrected chi connectivity index (χ2v) is 13.1. The summed E-state index contributed by atoms with van der Waals surface area (Å²) in [6.07, 6.45) is 8.13. The lowest BCUT2D eigenvalue weighted by molar-refractivity contribution is 0.128. The highest BCUT2D eigenvalue weighted by molar-refractivity contribution is 7.16. The van der Waals surface area contributed by atoms with Crippen molar-refractivity contribution < 1.29 is 4.39 Å². The molecule has 1 saturated heterocycles. The molecule has 2 saturated carbocycles. The van der Waals surface area contributed by atoms with Crippen LogP contribution in [0, 0.1) is 31.5 Å². The Kier molecular flexibility index (Phi) is 4.51. The Morgan fingerprint density at radius 3 is 2.68 bits per heavy atom.